The van der Waals surface area contributed by atoms with Crippen molar-refractivity contribution in [3.8, 4) is 0 Å². The van der Waals surface area contributed by atoms with E-state index in [9.17, 15) is 4.80 Å². The lowest BCUT2D eigenvalue weighted by Crippen LogP contribution is -2.40. The van der Waals surface area contributed by atoms with Crippen LogP contribution >= 0.6 is 0 Å². The Labute approximate surface area is 82.9 Å². The van der Waals surface area contributed by atoms with Crippen molar-refractivity contribution in [3.63, 3.8) is 0 Å². The highest BCUT2D eigenvalue weighted by molar-refractivity contribution is 6.72. The number of hydrogen-bond acceptors (Lipinski definition) is 2. The maximum Gasteiger partial charge on any atom is 0.188 e. The fraction of sp³-hybridized carbons (Fsp3) is 1.00. The zero-order chi connectivity index (χ0) is 10.1. The summed E-state index contributed by atoms with van der Waals surface area (Å²) >= 11 is 0. The van der Waals surface area contributed by atoms with E-state index < -0.39 is 8.32 Å². The van der Waals surface area contributed by atoms with Gasteiger partial charge in [0, 0.05) is 0 Å². The van der Waals surface area contributed by atoms with Crippen molar-refractivity contribution in [2.45, 2.75) is 44.8 Å². The van der Waals surface area contributed by atoms with Gasteiger partial charge in [-0.25, -0.2) is 0 Å². The summed E-state index contributed by atoms with van der Waals surface area (Å²) in [6.45, 7) is 10.8. The quantitative estimate of drug-likeness (QED) is 0.684. The highest BCUT2D eigenvalue weighted by atomic mass is 28.4. The highest BCUT2D eigenvalue weighted by Crippen LogP contribution is 2.42. The Kier molecular flexibility index (Phi) is 3.20. The molecule has 0 aliphatic carbocycles. The van der Waals surface area contributed by atoms with E-state index in [0.717, 1.165) is 19.0 Å². The molecule has 1 atom stereocenters. The van der Waals surface area contributed by atoms with Crippen LogP contribution in [0.5, 0.6) is 0 Å². The Morgan fingerprint density at radius 3 is 2.46 bits per heavy atom. The molecule has 0 aromatic carbocycles. The van der Waals surface area contributed by atoms with E-state index in [2.05, 4.69) is 32.3 Å². The van der Waals surface area contributed by atoms with E-state index in [1.165, 1.54) is 12.8 Å². The number of rotatable bonds is 3. The Bertz CT molecular complexity index is 168. The fourth-order valence-electron chi connectivity index (χ4n) is 1.86. The van der Waals surface area contributed by atoms with E-state index in [4.69, 9.17) is 0 Å². The molecule has 0 amide bonds. The Hall–Kier alpha value is 0.137. The molecule has 1 heterocycles. The van der Waals surface area contributed by atoms with E-state index >= 15 is 0 Å². The molecule has 0 radical (unpaired) electrons. The van der Waals surface area contributed by atoms with Gasteiger partial charge in [0.1, 0.15) is 0 Å². The minimum atomic E-state index is -1.98. The zero-order valence-corrected chi connectivity index (χ0v) is 10.4. The topological polar surface area (TPSA) is 32.3 Å². The maximum absolute atomic E-state index is 10.1. The van der Waals surface area contributed by atoms with Gasteiger partial charge in [-0.05, 0) is 50.0 Å². The molecule has 1 rings (SSSR count). The monoisotopic (exact) mass is 201 g/mol. The van der Waals surface area contributed by atoms with E-state index in [1.54, 1.807) is 0 Å². The minimum absolute atomic E-state index is 0.156. The third-order valence-electron chi connectivity index (χ3n) is 3.62. The third kappa shape index (κ3) is 2.79. The standard InChI is InChI=1S/C10H23NOSi/c1-10(2,13(3,4)12)7-9-5-6-11-8-9/h9,11-12H,5-8H2,1-4H3/t9-/m0/s1. The molecular formula is C10H23NOSi. The van der Waals surface area contributed by atoms with Crippen LogP contribution in [-0.2, 0) is 0 Å². The predicted octanol–water partition coefficient (Wildman–Crippen LogP) is 1.96. The molecule has 1 aliphatic heterocycles. The van der Waals surface area contributed by atoms with Crippen LogP contribution in [0.1, 0.15) is 26.7 Å². The number of nitrogens with one attached hydrogen (secondary N) is 1. The average molecular weight is 201 g/mol. The van der Waals surface area contributed by atoms with Crippen molar-refractivity contribution < 1.29 is 4.80 Å². The van der Waals surface area contributed by atoms with Gasteiger partial charge in [0.05, 0.1) is 0 Å². The molecule has 2 nitrogen and oxygen atoms in total. The second-order valence-corrected chi connectivity index (χ2v) is 9.98. The molecule has 2 N–H and O–H groups in total. The molecule has 1 aliphatic rings. The summed E-state index contributed by atoms with van der Waals surface area (Å²) in [5, 5.41) is 3.54. The molecule has 78 valence electrons. The van der Waals surface area contributed by atoms with Crippen LogP contribution in [0.4, 0.5) is 0 Å². The summed E-state index contributed by atoms with van der Waals surface area (Å²) in [6.07, 6.45) is 2.46. The van der Waals surface area contributed by atoms with Crippen LogP contribution < -0.4 is 5.32 Å². The first-order valence-electron chi connectivity index (χ1n) is 5.26. The minimum Gasteiger partial charge on any atom is -0.432 e. The van der Waals surface area contributed by atoms with Gasteiger partial charge in [-0.2, -0.15) is 0 Å². The Morgan fingerprint density at radius 1 is 1.46 bits per heavy atom. The van der Waals surface area contributed by atoms with E-state index in [1.807, 2.05) is 0 Å². The van der Waals surface area contributed by atoms with Crippen molar-refractivity contribution in [1.29, 1.82) is 0 Å². The van der Waals surface area contributed by atoms with Gasteiger partial charge in [-0.3, -0.25) is 0 Å². The predicted molar refractivity (Wildman–Crippen MR) is 59.3 cm³/mol. The summed E-state index contributed by atoms with van der Waals surface area (Å²) in [4.78, 5) is 10.1. The van der Waals surface area contributed by atoms with Gasteiger partial charge in [-0.15, -0.1) is 0 Å². The highest BCUT2D eigenvalue weighted by Gasteiger charge is 2.39. The SMILES string of the molecule is CC(C)(C[C@@H]1CCNC1)[Si](C)(C)O. The summed E-state index contributed by atoms with van der Waals surface area (Å²) in [5.74, 6) is 0.786. The van der Waals surface area contributed by atoms with Gasteiger partial charge in [0.15, 0.2) is 8.32 Å². The lowest BCUT2D eigenvalue weighted by Gasteiger charge is -2.36. The van der Waals surface area contributed by atoms with E-state index in [0.29, 0.717) is 0 Å². The van der Waals surface area contributed by atoms with Gasteiger partial charge < -0.3 is 10.1 Å². The van der Waals surface area contributed by atoms with Gasteiger partial charge in [-0.1, -0.05) is 13.8 Å². The molecule has 3 heteroatoms. The molecule has 0 aromatic rings. The lowest BCUT2D eigenvalue weighted by molar-refractivity contribution is 0.390. The first-order chi connectivity index (χ1) is 5.83. The molecule has 0 bridgehead atoms. The Balaban J connectivity index is 2.50. The van der Waals surface area contributed by atoms with Crippen molar-refractivity contribution >= 4 is 8.32 Å². The summed E-state index contributed by atoms with van der Waals surface area (Å²) in [5.41, 5.74) is 0. The summed E-state index contributed by atoms with van der Waals surface area (Å²) in [7, 11) is -1.98. The molecule has 1 saturated heterocycles. The normalized spacial score (nSPS) is 25.2. The largest absolute Gasteiger partial charge is 0.432 e. The van der Waals surface area contributed by atoms with Crippen LogP contribution in [0.25, 0.3) is 0 Å². The fourth-order valence-corrected chi connectivity index (χ4v) is 2.65. The van der Waals surface area contributed by atoms with Crippen LogP contribution in [0, 0.1) is 5.92 Å². The second kappa shape index (κ2) is 3.71. The molecule has 0 aromatic heterocycles. The van der Waals surface area contributed by atoms with Gasteiger partial charge in [0.25, 0.3) is 0 Å². The van der Waals surface area contributed by atoms with Gasteiger partial charge >= 0.3 is 0 Å². The van der Waals surface area contributed by atoms with Crippen molar-refractivity contribution in [1.82, 2.24) is 5.32 Å². The lowest BCUT2D eigenvalue weighted by atomic mass is 9.96. The molecular weight excluding hydrogens is 178 g/mol. The van der Waals surface area contributed by atoms with Crippen LogP contribution in [0.3, 0.4) is 0 Å². The van der Waals surface area contributed by atoms with Gasteiger partial charge in [0.2, 0.25) is 0 Å². The van der Waals surface area contributed by atoms with Crippen LogP contribution in [0.15, 0.2) is 0 Å². The Morgan fingerprint density at radius 2 is 2.08 bits per heavy atom. The summed E-state index contributed by atoms with van der Waals surface area (Å²) < 4.78 is 0. The number of hydrogen-bond donors (Lipinski definition) is 2. The van der Waals surface area contributed by atoms with Crippen molar-refractivity contribution in [2.24, 2.45) is 5.92 Å². The molecule has 0 spiro atoms. The first-order valence-corrected chi connectivity index (χ1v) is 8.21. The molecule has 0 saturated carbocycles. The van der Waals surface area contributed by atoms with Crippen LogP contribution in [-0.4, -0.2) is 26.2 Å². The molecule has 1 fully saturated rings. The maximum atomic E-state index is 10.1. The first kappa shape index (κ1) is 11.2. The van der Waals surface area contributed by atoms with E-state index in [-0.39, 0.29) is 5.04 Å². The van der Waals surface area contributed by atoms with Crippen LogP contribution in [0.2, 0.25) is 18.1 Å². The zero-order valence-electron chi connectivity index (χ0n) is 9.35. The van der Waals surface area contributed by atoms with Crippen molar-refractivity contribution in [2.75, 3.05) is 13.1 Å². The average Bonchev–Trinajstić information content (AvgIpc) is 2.35. The summed E-state index contributed by atoms with van der Waals surface area (Å²) in [6, 6.07) is 0. The molecule has 13 heavy (non-hydrogen) atoms. The smallest absolute Gasteiger partial charge is 0.188 e. The van der Waals surface area contributed by atoms with Crippen molar-refractivity contribution in [3.05, 3.63) is 0 Å². The third-order valence-corrected chi connectivity index (χ3v) is 7.13. The molecule has 0 unspecified atom stereocenters. The second-order valence-electron chi connectivity index (χ2n) is 5.51.